The molecule has 0 radical (unpaired) electrons. The predicted octanol–water partition coefficient (Wildman–Crippen LogP) is 3.01. The van der Waals surface area contributed by atoms with Gasteiger partial charge in [-0.2, -0.15) is 0 Å². The minimum atomic E-state index is 0.134. The summed E-state index contributed by atoms with van der Waals surface area (Å²) in [5, 5.41) is 0. The van der Waals surface area contributed by atoms with Gasteiger partial charge in [0.1, 0.15) is 0 Å². The fraction of sp³-hybridized carbons (Fsp3) is 0.500. The summed E-state index contributed by atoms with van der Waals surface area (Å²) in [7, 11) is 0. The number of carbonyl (C=O) groups excluding carboxylic acids is 1. The van der Waals surface area contributed by atoms with Crippen molar-refractivity contribution in [2.45, 2.75) is 39.7 Å². The second-order valence-corrected chi connectivity index (χ2v) is 4.87. The maximum Gasteiger partial charge on any atom is 0.230 e. The number of fused-ring (bicyclic) bond motifs is 1. The lowest BCUT2D eigenvalue weighted by molar-refractivity contribution is -0.122. The SMILES string of the molecule is CC(C)N1C(=O)[C@H](C)CCc2ccccc21. The van der Waals surface area contributed by atoms with E-state index < -0.39 is 0 Å². The van der Waals surface area contributed by atoms with Crippen LogP contribution in [0.15, 0.2) is 24.3 Å². The minimum absolute atomic E-state index is 0.134. The molecule has 1 atom stereocenters. The third kappa shape index (κ3) is 1.84. The molecule has 2 rings (SSSR count). The molecule has 1 amide bonds. The van der Waals surface area contributed by atoms with E-state index in [1.807, 2.05) is 17.9 Å². The van der Waals surface area contributed by atoms with E-state index in [1.165, 1.54) is 5.56 Å². The molecule has 1 aromatic carbocycles. The molecule has 1 heterocycles. The van der Waals surface area contributed by atoms with Crippen molar-refractivity contribution in [3.8, 4) is 0 Å². The van der Waals surface area contributed by atoms with Crippen molar-refractivity contribution in [1.82, 2.24) is 0 Å². The number of anilines is 1. The average Bonchev–Trinajstić information content (AvgIpc) is 2.38. The molecule has 2 nitrogen and oxygen atoms in total. The molecule has 2 heteroatoms. The van der Waals surface area contributed by atoms with Gasteiger partial charge >= 0.3 is 0 Å². The van der Waals surface area contributed by atoms with Gasteiger partial charge in [0.2, 0.25) is 5.91 Å². The zero-order chi connectivity index (χ0) is 11.7. The summed E-state index contributed by atoms with van der Waals surface area (Å²) in [5.41, 5.74) is 2.40. The molecule has 0 bridgehead atoms. The molecule has 0 fully saturated rings. The number of aryl methyl sites for hydroxylation is 1. The van der Waals surface area contributed by atoms with Gasteiger partial charge in [-0.3, -0.25) is 4.79 Å². The zero-order valence-electron chi connectivity index (χ0n) is 10.2. The van der Waals surface area contributed by atoms with Crippen LogP contribution in [0, 0.1) is 5.92 Å². The van der Waals surface area contributed by atoms with E-state index in [2.05, 4.69) is 32.0 Å². The van der Waals surface area contributed by atoms with Gasteiger partial charge in [0.15, 0.2) is 0 Å². The second kappa shape index (κ2) is 4.28. The number of benzene rings is 1. The van der Waals surface area contributed by atoms with E-state index in [9.17, 15) is 4.79 Å². The van der Waals surface area contributed by atoms with Gasteiger partial charge in [-0.05, 0) is 38.3 Å². The zero-order valence-corrected chi connectivity index (χ0v) is 10.2. The second-order valence-electron chi connectivity index (χ2n) is 4.87. The summed E-state index contributed by atoms with van der Waals surface area (Å²) < 4.78 is 0. The van der Waals surface area contributed by atoms with Gasteiger partial charge in [0.05, 0.1) is 0 Å². The molecule has 16 heavy (non-hydrogen) atoms. The van der Waals surface area contributed by atoms with E-state index in [0.717, 1.165) is 18.5 Å². The molecular weight excluding hydrogens is 198 g/mol. The molecule has 1 aliphatic heterocycles. The van der Waals surface area contributed by atoms with Crippen molar-refractivity contribution in [3.63, 3.8) is 0 Å². The highest BCUT2D eigenvalue weighted by atomic mass is 16.2. The van der Waals surface area contributed by atoms with Gasteiger partial charge in [-0.15, -0.1) is 0 Å². The highest BCUT2D eigenvalue weighted by Gasteiger charge is 2.28. The van der Waals surface area contributed by atoms with Crippen LogP contribution in [0.3, 0.4) is 0 Å². The third-order valence-electron chi connectivity index (χ3n) is 3.27. The van der Waals surface area contributed by atoms with Crippen LogP contribution in [0.1, 0.15) is 32.8 Å². The largest absolute Gasteiger partial charge is 0.309 e. The smallest absolute Gasteiger partial charge is 0.230 e. The first-order chi connectivity index (χ1) is 7.61. The molecule has 0 spiro atoms. The van der Waals surface area contributed by atoms with Crippen molar-refractivity contribution < 1.29 is 4.79 Å². The van der Waals surface area contributed by atoms with E-state index in [1.54, 1.807) is 0 Å². The quantitative estimate of drug-likeness (QED) is 0.708. The first-order valence-corrected chi connectivity index (χ1v) is 6.02. The van der Waals surface area contributed by atoms with E-state index >= 15 is 0 Å². The van der Waals surface area contributed by atoms with Gasteiger partial charge in [-0.25, -0.2) is 0 Å². The molecule has 0 N–H and O–H groups in total. The van der Waals surface area contributed by atoms with Crippen LogP contribution in [0.5, 0.6) is 0 Å². The number of rotatable bonds is 1. The molecule has 0 unspecified atom stereocenters. The number of nitrogens with zero attached hydrogens (tertiary/aromatic N) is 1. The standard InChI is InChI=1S/C14H19NO/c1-10(2)15-13-7-5-4-6-12(13)9-8-11(3)14(15)16/h4-7,10-11H,8-9H2,1-3H3/t11-/m1/s1. The topological polar surface area (TPSA) is 20.3 Å². The molecule has 0 aliphatic carbocycles. The Morgan fingerprint density at radius 1 is 1.31 bits per heavy atom. The Labute approximate surface area is 97.3 Å². The number of hydrogen-bond acceptors (Lipinski definition) is 1. The summed E-state index contributed by atoms with van der Waals surface area (Å²) >= 11 is 0. The van der Waals surface area contributed by atoms with Crippen molar-refractivity contribution in [3.05, 3.63) is 29.8 Å². The van der Waals surface area contributed by atoms with E-state index in [-0.39, 0.29) is 17.9 Å². The maximum absolute atomic E-state index is 12.3. The van der Waals surface area contributed by atoms with Gasteiger partial charge in [-0.1, -0.05) is 25.1 Å². The first-order valence-electron chi connectivity index (χ1n) is 6.02. The number of hydrogen-bond donors (Lipinski definition) is 0. The van der Waals surface area contributed by atoms with Crippen LogP contribution in [0.25, 0.3) is 0 Å². The van der Waals surface area contributed by atoms with Gasteiger partial charge in [0, 0.05) is 17.6 Å². The third-order valence-corrected chi connectivity index (χ3v) is 3.27. The molecule has 86 valence electrons. The Balaban J connectivity index is 2.49. The fourth-order valence-corrected chi connectivity index (χ4v) is 2.34. The minimum Gasteiger partial charge on any atom is -0.309 e. The Morgan fingerprint density at radius 2 is 2.00 bits per heavy atom. The highest BCUT2D eigenvalue weighted by Crippen LogP contribution is 2.30. The lowest BCUT2D eigenvalue weighted by Gasteiger charge is -2.28. The predicted molar refractivity (Wildman–Crippen MR) is 66.5 cm³/mol. The molecular formula is C14H19NO. The Morgan fingerprint density at radius 3 is 2.69 bits per heavy atom. The summed E-state index contributed by atoms with van der Waals surface area (Å²) in [6.07, 6.45) is 1.96. The van der Waals surface area contributed by atoms with Crippen LogP contribution >= 0.6 is 0 Å². The molecule has 0 aromatic heterocycles. The summed E-state index contributed by atoms with van der Waals surface area (Å²) in [6.45, 7) is 6.18. The van der Waals surface area contributed by atoms with Crippen molar-refractivity contribution in [2.24, 2.45) is 5.92 Å². The molecule has 1 aromatic rings. The highest BCUT2D eigenvalue weighted by molar-refractivity contribution is 5.96. The number of para-hydroxylation sites is 1. The first kappa shape index (κ1) is 11.2. The molecule has 0 saturated heterocycles. The monoisotopic (exact) mass is 217 g/mol. The Kier molecular flexibility index (Phi) is 2.99. The van der Waals surface area contributed by atoms with E-state index in [4.69, 9.17) is 0 Å². The molecule has 0 saturated carbocycles. The van der Waals surface area contributed by atoms with Crippen LogP contribution in [-0.4, -0.2) is 11.9 Å². The molecule has 1 aliphatic rings. The lowest BCUT2D eigenvalue weighted by Crippen LogP contribution is -2.39. The Bertz CT molecular complexity index is 397. The van der Waals surface area contributed by atoms with Crippen LogP contribution in [-0.2, 0) is 11.2 Å². The number of carbonyl (C=O) groups is 1. The van der Waals surface area contributed by atoms with Gasteiger partial charge in [0.25, 0.3) is 0 Å². The summed E-state index contributed by atoms with van der Waals surface area (Å²) in [5.74, 6) is 0.398. The summed E-state index contributed by atoms with van der Waals surface area (Å²) in [6, 6.07) is 8.49. The van der Waals surface area contributed by atoms with Gasteiger partial charge < -0.3 is 4.90 Å². The van der Waals surface area contributed by atoms with Crippen LogP contribution in [0.4, 0.5) is 5.69 Å². The van der Waals surface area contributed by atoms with E-state index in [0.29, 0.717) is 0 Å². The average molecular weight is 217 g/mol. The normalized spacial score (nSPS) is 20.9. The van der Waals surface area contributed by atoms with Crippen LogP contribution in [0.2, 0.25) is 0 Å². The van der Waals surface area contributed by atoms with Crippen LogP contribution < -0.4 is 4.90 Å². The lowest BCUT2D eigenvalue weighted by atomic mass is 10.0. The van der Waals surface area contributed by atoms with Crippen molar-refractivity contribution in [2.75, 3.05) is 4.90 Å². The van der Waals surface area contributed by atoms with Crippen molar-refractivity contribution in [1.29, 1.82) is 0 Å². The summed E-state index contributed by atoms with van der Waals surface area (Å²) in [4.78, 5) is 14.2. The number of amides is 1. The van der Waals surface area contributed by atoms with Crippen molar-refractivity contribution >= 4 is 11.6 Å². The fourth-order valence-electron chi connectivity index (χ4n) is 2.34. The Hall–Kier alpha value is -1.31. The maximum atomic E-state index is 12.3.